The van der Waals surface area contributed by atoms with Crippen molar-refractivity contribution in [3.8, 4) is 0 Å². The molecule has 1 rings (SSSR count). The van der Waals surface area contributed by atoms with Crippen LogP contribution in [0.4, 0.5) is 0 Å². The molecule has 0 fully saturated rings. The molecule has 11 heavy (non-hydrogen) atoms. The highest BCUT2D eigenvalue weighted by Gasteiger charge is 2.13. The summed E-state index contributed by atoms with van der Waals surface area (Å²) in [6.07, 6.45) is 4.32. The van der Waals surface area contributed by atoms with Crippen LogP contribution in [0.25, 0.3) is 0 Å². The van der Waals surface area contributed by atoms with Gasteiger partial charge in [0.15, 0.2) is 0 Å². The first-order valence-corrected chi connectivity index (χ1v) is 3.99. The Morgan fingerprint density at radius 2 is 2.09 bits per heavy atom. The second kappa shape index (κ2) is 3.51. The lowest BCUT2D eigenvalue weighted by molar-refractivity contribution is -0.471. The molecule has 3 heteroatoms. The molecule has 0 saturated carbocycles. The van der Waals surface area contributed by atoms with Crippen molar-refractivity contribution in [2.24, 2.45) is 0 Å². The van der Waals surface area contributed by atoms with Crippen LogP contribution in [0.3, 0.4) is 0 Å². The van der Waals surface area contributed by atoms with Gasteiger partial charge in [-0.25, -0.2) is 0 Å². The summed E-state index contributed by atoms with van der Waals surface area (Å²) in [6.45, 7) is 2.07. The summed E-state index contributed by atoms with van der Waals surface area (Å²) in [5.74, 6) is 0. The molecule has 1 aliphatic rings. The molecule has 0 bridgehead atoms. The topological polar surface area (TPSA) is 43.1 Å². The van der Waals surface area contributed by atoms with Crippen molar-refractivity contribution in [1.29, 1.82) is 0 Å². The lowest BCUT2D eigenvalue weighted by atomic mass is 9.93. The molecular formula is C8H13NO2. The van der Waals surface area contributed by atoms with Crippen molar-refractivity contribution < 1.29 is 4.92 Å². The summed E-state index contributed by atoms with van der Waals surface area (Å²) < 4.78 is 0. The normalized spacial score (nSPS) is 18.6. The van der Waals surface area contributed by atoms with Gasteiger partial charge in [0.25, 0.3) is 0 Å². The van der Waals surface area contributed by atoms with E-state index in [1.54, 1.807) is 0 Å². The van der Waals surface area contributed by atoms with Crippen LogP contribution in [0.1, 0.15) is 32.6 Å². The summed E-state index contributed by atoms with van der Waals surface area (Å²) in [4.78, 5) is 9.95. The molecule has 0 aromatic carbocycles. The first-order chi connectivity index (χ1) is 5.20. The van der Waals surface area contributed by atoms with Crippen LogP contribution >= 0.6 is 0 Å². The van der Waals surface area contributed by atoms with Crippen molar-refractivity contribution in [3.05, 3.63) is 21.3 Å². The molecule has 0 aromatic heterocycles. The number of nitro groups is 1. The second-order valence-corrected chi connectivity index (χ2v) is 3.08. The maximum absolute atomic E-state index is 10.2. The lowest BCUT2D eigenvalue weighted by Gasteiger charge is -2.13. The van der Waals surface area contributed by atoms with E-state index in [4.69, 9.17) is 0 Å². The van der Waals surface area contributed by atoms with E-state index < -0.39 is 0 Å². The van der Waals surface area contributed by atoms with Crippen LogP contribution in [-0.2, 0) is 0 Å². The number of rotatable bonds is 2. The van der Waals surface area contributed by atoms with Gasteiger partial charge >= 0.3 is 0 Å². The number of hydrogen-bond donors (Lipinski definition) is 0. The Morgan fingerprint density at radius 3 is 2.64 bits per heavy atom. The predicted molar refractivity (Wildman–Crippen MR) is 43.0 cm³/mol. The SMILES string of the molecule is CC1=C(C[N+](=O)[O-])CCCC1. The number of hydrogen-bond acceptors (Lipinski definition) is 2. The maximum Gasteiger partial charge on any atom is 0.225 e. The van der Waals surface area contributed by atoms with Gasteiger partial charge in [-0.1, -0.05) is 5.57 Å². The Morgan fingerprint density at radius 1 is 1.45 bits per heavy atom. The van der Waals surface area contributed by atoms with E-state index in [9.17, 15) is 10.1 Å². The van der Waals surface area contributed by atoms with Crippen molar-refractivity contribution in [2.75, 3.05) is 6.54 Å². The third kappa shape index (κ3) is 2.33. The smallest absolute Gasteiger partial charge is 0.225 e. The predicted octanol–water partition coefficient (Wildman–Crippen LogP) is 2.15. The van der Waals surface area contributed by atoms with E-state index in [0.29, 0.717) is 0 Å². The van der Waals surface area contributed by atoms with Gasteiger partial charge in [-0.15, -0.1) is 0 Å². The van der Waals surface area contributed by atoms with E-state index in [1.807, 2.05) is 6.92 Å². The lowest BCUT2D eigenvalue weighted by Crippen LogP contribution is -2.09. The van der Waals surface area contributed by atoms with E-state index in [-0.39, 0.29) is 11.5 Å². The molecule has 0 saturated heterocycles. The van der Waals surface area contributed by atoms with E-state index >= 15 is 0 Å². The molecule has 0 unspecified atom stereocenters. The molecule has 0 atom stereocenters. The molecule has 0 radical (unpaired) electrons. The minimum absolute atomic E-state index is 0.0613. The zero-order valence-electron chi connectivity index (χ0n) is 6.80. The van der Waals surface area contributed by atoms with Gasteiger partial charge in [-0.3, -0.25) is 10.1 Å². The van der Waals surface area contributed by atoms with E-state index in [1.165, 1.54) is 12.0 Å². The standard InChI is InChI=1S/C8H13NO2/c1-7-4-2-3-5-8(7)6-9(10)11/h2-6H2,1H3. The molecule has 0 heterocycles. The summed E-state index contributed by atoms with van der Waals surface area (Å²) in [5, 5.41) is 10.2. The van der Waals surface area contributed by atoms with Crippen molar-refractivity contribution >= 4 is 0 Å². The molecule has 0 aliphatic heterocycles. The first kappa shape index (κ1) is 8.24. The highest BCUT2D eigenvalue weighted by atomic mass is 16.6. The van der Waals surface area contributed by atoms with Crippen molar-refractivity contribution in [1.82, 2.24) is 0 Å². The highest BCUT2D eigenvalue weighted by molar-refractivity contribution is 5.14. The zero-order valence-corrected chi connectivity index (χ0v) is 6.80. The van der Waals surface area contributed by atoms with E-state index in [2.05, 4.69) is 0 Å². The number of allylic oxidation sites excluding steroid dienone is 1. The van der Waals surface area contributed by atoms with Crippen molar-refractivity contribution in [2.45, 2.75) is 32.6 Å². The zero-order chi connectivity index (χ0) is 8.27. The van der Waals surface area contributed by atoms with Gasteiger partial charge in [-0.2, -0.15) is 0 Å². The minimum atomic E-state index is -0.232. The molecule has 0 amide bonds. The van der Waals surface area contributed by atoms with Gasteiger partial charge in [0, 0.05) is 4.92 Å². The van der Waals surface area contributed by atoms with Gasteiger partial charge in [0.1, 0.15) is 0 Å². The Bertz CT molecular complexity index is 196. The Labute approximate surface area is 66.3 Å². The molecule has 1 aliphatic carbocycles. The Balaban J connectivity index is 2.59. The molecule has 3 nitrogen and oxygen atoms in total. The number of nitrogens with zero attached hydrogens (tertiary/aromatic N) is 1. The third-order valence-corrected chi connectivity index (χ3v) is 2.20. The largest absolute Gasteiger partial charge is 0.264 e. The summed E-state index contributed by atoms with van der Waals surface area (Å²) >= 11 is 0. The van der Waals surface area contributed by atoms with Crippen LogP contribution in [0.15, 0.2) is 11.1 Å². The van der Waals surface area contributed by atoms with Gasteiger partial charge in [0.05, 0.1) is 0 Å². The summed E-state index contributed by atoms with van der Waals surface area (Å²) in [7, 11) is 0. The maximum atomic E-state index is 10.2. The fourth-order valence-corrected chi connectivity index (χ4v) is 1.49. The van der Waals surface area contributed by atoms with Crippen LogP contribution < -0.4 is 0 Å². The van der Waals surface area contributed by atoms with Gasteiger partial charge < -0.3 is 0 Å². The Kier molecular flexibility index (Phi) is 2.63. The fourth-order valence-electron chi connectivity index (χ4n) is 1.49. The molecule has 62 valence electrons. The minimum Gasteiger partial charge on any atom is -0.264 e. The highest BCUT2D eigenvalue weighted by Crippen LogP contribution is 2.23. The van der Waals surface area contributed by atoms with Gasteiger partial charge in [0.2, 0.25) is 6.54 Å². The van der Waals surface area contributed by atoms with Gasteiger partial charge in [-0.05, 0) is 38.2 Å². The van der Waals surface area contributed by atoms with Crippen LogP contribution in [0.2, 0.25) is 0 Å². The summed E-state index contributed by atoms with van der Waals surface area (Å²) in [6, 6.07) is 0. The van der Waals surface area contributed by atoms with Crippen LogP contribution in [0, 0.1) is 10.1 Å². The summed E-state index contributed by atoms with van der Waals surface area (Å²) in [5.41, 5.74) is 2.30. The monoisotopic (exact) mass is 155 g/mol. The van der Waals surface area contributed by atoms with Crippen LogP contribution in [-0.4, -0.2) is 11.5 Å². The molecule has 0 N–H and O–H groups in total. The average Bonchev–Trinajstić information content (AvgIpc) is 1.93. The van der Waals surface area contributed by atoms with Crippen molar-refractivity contribution in [3.63, 3.8) is 0 Å². The first-order valence-electron chi connectivity index (χ1n) is 3.99. The van der Waals surface area contributed by atoms with Crippen LogP contribution in [0.5, 0.6) is 0 Å². The third-order valence-electron chi connectivity index (χ3n) is 2.20. The van der Waals surface area contributed by atoms with E-state index in [0.717, 1.165) is 24.8 Å². The quantitative estimate of drug-likeness (QED) is 0.348. The molecule has 0 spiro atoms. The Hall–Kier alpha value is -0.860. The second-order valence-electron chi connectivity index (χ2n) is 3.08. The average molecular weight is 155 g/mol. The molecule has 0 aromatic rings. The fraction of sp³-hybridized carbons (Fsp3) is 0.750. The molecular weight excluding hydrogens is 142 g/mol.